The minimum absolute atomic E-state index is 1.11. The molecule has 0 aliphatic heterocycles. The van der Waals surface area contributed by atoms with Crippen LogP contribution in [0, 0.1) is 0 Å². The van der Waals surface area contributed by atoms with E-state index in [9.17, 15) is 0 Å². The lowest BCUT2D eigenvalue weighted by atomic mass is 10.1. The third-order valence-electron chi connectivity index (χ3n) is 6.31. The molecule has 0 saturated heterocycles. The number of nitrogens with zero attached hydrogens (tertiary/aromatic N) is 4. The van der Waals surface area contributed by atoms with Gasteiger partial charge in [-0.2, -0.15) is 0 Å². The molecular formula is C28H18N4. The van der Waals surface area contributed by atoms with E-state index in [4.69, 9.17) is 0 Å². The Balaban J connectivity index is 1.71. The molecule has 0 aliphatic carbocycles. The third kappa shape index (κ3) is 2.32. The second-order valence-corrected chi connectivity index (χ2v) is 8.00. The van der Waals surface area contributed by atoms with Crippen molar-refractivity contribution >= 4 is 43.6 Å². The van der Waals surface area contributed by atoms with Crippen molar-refractivity contribution in [1.82, 2.24) is 19.1 Å². The average molecular weight is 410 g/mol. The number of aromatic nitrogens is 4. The molecule has 7 rings (SSSR count). The molecule has 0 N–H and O–H groups in total. The molecule has 3 aromatic carbocycles. The van der Waals surface area contributed by atoms with Gasteiger partial charge in [0.25, 0.3) is 0 Å². The lowest BCUT2D eigenvalue weighted by Crippen LogP contribution is -1.94. The summed E-state index contributed by atoms with van der Waals surface area (Å²) in [6, 6.07) is 30.2. The van der Waals surface area contributed by atoms with Crippen LogP contribution in [0.25, 0.3) is 55.0 Å². The summed E-state index contributed by atoms with van der Waals surface area (Å²) in [7, 11) is 0. The number of para-hydroxylation sites is 2. The summed E-state index contributed by atoms with van der Waals surface area (Å²) >= 11 is 0. The van der Waals surface area contributed by atoms with Crippen LogP contribution >= 0.6 is 0 Å². The molecule has 0 atom stereocenters. The van der Waals surface area contributed by atoms with Gasteiger partial charge in [-0.05, 0) is 48.5 Å². The van der Waals surface area contributed by atoms with Gasteiger partial charge in [0.05, 0.1) is 22.1 Å². The van der Waals surface area contributed by atoms with Gasteiger partial charge in [0.2, 0.25) is 0 Å². The van der Waals surface area contributed by atoms with Gasteiger partial charge in [0.1, 0.15) is 0 Å². The van der Waals surface area contributed by atoms with E-state index < -0.39 is 0 Å². The molecule has 0 fully saturated rings. The quantitative estimate of drug-likeness (QED) is 0.319. The van der Waals surface area contributed by atoms with Crippen LogP contribution < -0.4 is 0 Å². The lowest BCUT2D eigenvalue weighted by molar-refractivity contribution is 1.15. The summed E-state index contributed by atoms with van der Waals surface area (Å²) in [4.78, 5) is 8.44. The summed E-state index contributed by atoms with van der Waals surface area (Å²) in [5, 5.41) is 4.96. The molecule has 4 heterocycles. The summed E-state index contributed by atoms with van der Waals surface area (Å²) < 4.78 is 4.68. The van der Waals surface area contributed by atoms with Crippen LogP contribution in [0.15, 0.2) is 110 Å². The Morgan fingerprint density at radius 2 is 0.812 bits per heavy atom. The van der Waals surface area contributed by atoms with E-state index >= 15 is 0 Å². The van der Waals surface area contributed by atoms with Crippen molar-refractivity contribution < 1.29 is 0 Å². The first-order valence-electron chi connectivity index (χ1n) is 10.7. The molecule has 4 aromatic heterocycles. The van der Waals surface area contributed by atoms with Crippen molar-refractivity contribution in [2.45, 2.75) is 0 Å². The van der Waals surface area contributed by atoms with E-state index in [1.807, 2.05) is 24.8 Å². The number of benzene rings is 3. The largest absolute Gasteiger partial charge is 0.309 e. The Morgan fingerprint density at radius 1 is 0.406 bits per heavy atom. The minimum atomic E-state index is 1.11. The van der Waals surface area contributed by atoms with Crippen molar-refractivity contribution in [3.05, 3.63) is 110 Å². The van der Waals surface area contributed by atoms with E-state index in [1.165, 1.54) is 43.6 Å². The molecule has 4 nitrogen and oxygen atoms in total. The molecule has 0 unspecified atom stereocenters. The smallest absolute Gasteiger partial charge is 0.0548 e. The number of fused-ring (bicyclic) bond motifs is 6. The first-order valence-corrected chi connectivity index (χ1v) is 10.7. The highest BCUT2D eigenvalue weighted by molar-refractivity contribution is 6.18. The predicted molar refractivity (Wildman–Crippen MR) is 131 cm³/mol. The maximum Gasteiger partial charge on any atom is 0.0548 e. The van der Waals surface area contributed by atoms with Crippen LogP contribution in [0.5, 0.6) is 0 Å². The Labute approximate surface area is 184 Å². The molecule has 0 spiro atoms. The van der Waals surface area contributed by atoms with Crippen LogP contribution in [-0.2, 0) is 0 Å². The van der Waals surface area contributed by atoms with Crippen molar-refractivity contribution in [2.24, 2.45) is 0 Å². The van der Waals surface area contributed by atoms with Crippen molar-refractivity contribution in [3.63, 3.8) is 0 Å². The monoisotopic (exact) mass is 410 g/mol. The van der Waals surface area contributed by atoms with Gasteiger partial charge >= 0.3 is 0 Å². The average Bonchev–Trinajstić information content (AvgIpc) is 3.36. The Morgan fingerprint density at radius 3 is 1.25 bits per heavy atom. The predicted octanol–water partition coefficient (Wildman–Crippen LogP) is 6.67. The highest BCUT2D eigenvalue weighted by Gasteiger charge is 2.17. The second kappa shape index (κ2) is 6.53. The normalized spacial score (nSPS) is 11.8. The molecular weight excluding hydrogens is 392 g/mol. The summed E-state index contributed by atoms with van der Waals surface area (Å²) in [6.45, 7) is 0. The van der Waals surface area contributed by atoms with Crippen LogP contribution in [0.2, 0.25) is 0 Å². The lowest BCUT2D eigenvalue weighted by Gasteiger charge is -2.08. The third-order valence-corrected chi connectivity index (χ3v) is 6.31. The Kier molecular flexibility index (Phi) is 3.52. The molecule has 0 amide bonds. The molecule has 0 aliphatic rings. The van der Waals surface area contributed by atoms with Crippen LogP contribution in [0.4, 0.5) is 0 Å². The zero-order chi connectivity index (χ0) is 21.1. The summed E-state index contributed by atoms with van der Waals surface area (Å²) in [5.41, 5.74) is 7.01. The van der Waals surface area contributed by atoms with Gasteiger partial charge in [-0.3, -0.25) is 9.97 Å². The molecule has 32 heavy (non-hydrogen) atoms. The van der Waals surface area contributed by atoms with E-state index in [0.717, 1.165) is 11.4 Å². The van der Waals surface area contributed by atoms with Gasteiger partial charge in [-0.25, -0.2) is 0 Å². The van der Waals surface area contributed by atoms with Crippen molar-refractivity contribution in [3.8, 4) is 11.4 Å². The summed E-state index contributed by atoms with van der Waals surface area (Å²) in [5.74, 6) is 0. The van der Waals surface area contributed by atoms with Gasteiger partial charge in [-0.15, -0.1) is 0 Å². The van der Waals surface area contributed by atoms with Crippen LogP contribution in [0.1, 0.15) is 0 Å². The highest BCUT2D eigenvalue weighted by atomic mass is 15.0. The van der Waals surface area contributed by atoms with Gasteiger partial charge in [-0.1, -0.05) is 36.4 Å². The van der Waals surface area contributed by atoms with Crippen LogP contribution in [-0.4, -0.2) is 19.1 Å². The molecule has 150 valence electrons. The van der Waals surface area contributed by atoms with E-state index in [1.54, 1.807) is 0 Å². The van der Waals surface area contributed by atoms with Gasteiger partial charge in [0, 0.05) is 57.7 Å². The standard InChI is InChI=1S/C28H18N4/c1-3-7-25-21(5-1)23-17-28-24(18-27(23)31(25)19-9-13-29-14-10-19)22-6-2-4-8-26(22)32(28)20-11-15-30-16-12-20/h1-18H. The first kappa shape index (κ1) is 17.3. The fourth-order valence-corrected chi connectivity index (χ4v) is 4.97. The molecule has 0 bridgehead atoms. The molecule has 7 aromatic rings. The van der Waals surface area contributed by atoms with E-state index in [2.05, 4.69) is 104 Å². The number of rotatable bonds is 2. The molecule has 0 radical (unpaired) electrons. The van der Waals surface area contributed by atoms with Crippen LogP contribution in [0.3, 0.4) is 0 Å². The number of hydrogen-bond acceptors (Lipinski definition) is 2. The van der Waals surface area contributed by atoms with Crippen molar-refractivity contribution in [2.75, 3.05) is 0 Å². The maximum absolute atomic E-state index is 4.22. The zero-order valence-corrected chi connectivity index (χ0v) is 17.2. The SMILES string of the molecule is c1ccc2c(c1)c1cc3c(cc1n2-c1ccncc1)c1ccccc1n3-c1ccncc1. The summed E-state index contributed by atoms with van der Waals surface area (Å²) in [6.07, 6.45) is 7.40. The van der Waals surface area contributed by atoms with Gasteiger partial charge < -0.3 is 9.13 Å². The molecule has 0 saturated carbocycles. The van der Waals surface area contributed by atoms with Crippen molar-refractivity contribution in [1.29, 1.82) is 0 Å². The van der Waals surface area contributed by atoms with Gasteiger partial charge in [0.15, 0.2) is 0 Å². The maximum atomic E-state index is 4.22. The number of hydrogen-bond donors (Lipinski definition) is 0. The fourth-order valence-electron chi connectivity index (χ4n) is 4.97. The minimum Gasteiger partial charge on any atom is -0.309 e. The Hall–Kier alpha value is -4.44. The molecule has 4 heteroatoms. The Bertz CT molecular complexity index is 1630. The topological polar surface area (TPSA) is 35.6 Å². The second-order valence-electron chi connectivity index (χ2n) is 8.00. The first-order chi connectivity index (χ1) is 15.9. The highest BCUT2D eigenvalue weighted by Crippen LogP contribution is 2.39. The van der Waals surface area contributed by atoms with E-state index in [-0.39, 0.29) is 0 Å². The number of pyridine rings is 2. The van der Waals surface area contributed by atoms with E-state index in [0.29, 0.717) is 0 Å². The zero-order valence-electron chi connectivity index (χ0n) is 17.2. The fraction of sp³-hybridized carbons (Fsp3) is 0.